The number of nitrogens with zero attached hydrogens (tertiary/aromatic N) is 2. The lowest BCUT2D eigenvalue weighted by Crippen LogP contribution is -1.94. The Labute approximate surface area is 230 Å². The highest BCUT2D eigenvalue weighted by Gasteiger charge is 2.19. The van der Waals surface area contributed by atoms with E-state index in [1.807, 2.05) is 0 Å². The van der Waals surface area contributed by atoms with E-state index in [9.17, 15) is 0 Å². The van der Waals surface area contributed by atoms with Crippen LogP contribution in [0.15, 0.2) is 146 Å². The van der Waals surface area contributed by atoms with Gasteiger partial charge in [-0.15, -0.1) is 0 Å². The van der Waals surface area contributed by atoms with E-state index < -0.39 is 0 Å². The van der Waals surface area contributed by atoms with Crippen LogP contribution in [0.2, 0.25) is 0 Å². The molecule has 2 heteroatoms. The van der Waals surface area contributed by atoms with Crippen molar-refractivity contribution in [3.05, 3.63) is 146 Å². The van der Waals surface area contributed by atoms with Crippen LogP contribution in [-0.2, 0) is 0 Å². The maximum atomic E-state index is 2.42. The summed E-state index contributed by atoms with van der Waals surface area (Å²) in [4.78, 5) is 0. The highest BCUT2D eigenvalue weighted by molar-refractivity contribution is 6.29. The predicted octanol–water partition coefficient (Wildman–Crippen LogP) is 10.2. The first-order valence-electron chi connectivity index (χ1n) is 13.8. The van der Waals surface area contributed by atoms with Crippen molar-refractivity contribution in [3.63, 3.8) is 0 Å². The SMILES string of the molecule is c1ccc(-n2c3ccccc3c3c4ccc5c(c4ccc32)c2ccccc2n5-c2ccc3ccccc3c2)cc1. The Morgan fingerprint density at radius 3 is 1.48 bits per heavy atom. The van der Waals surface area contributed by atoms with Gasteiger partial charge in [0.2, 0.25) is 0 Å². The molecule has 0 spiro atoms. The molecule has 0 amide bonds. The first kappa shape index (κ1) is 21.6. The van der Waals surface area contributed by atoms with E-state index >= 15 is 0 Å². The van der Waals surface area contributed by atoms with E-state index in [-0.39, 0.29) is 0 Å². The smallest absolute Gasteiger partial charge is 0.0547 e. The van der Waals surface area contributed by atoms with Crippen molar-refractivity contribution in [1.82, 2.24) is 9.13 Å². The standard InChI is InChI=1S/C38H24N2/c1-2-12-27(13-3-1)39-33-16-8-6-14-31(33)37-29-21-23-36-38(30(29)20-22-35(37)39)32-15-7-9-17-34(32)40(36)28-19-18-25-10-4-5-11-26(25)24-28/h1-24H. The number of aromatic nitrogens is 2. The van der Waals surface area contributed by atoms with E-state index in [2.05, 4.69) is 155 Å². The lowest BCUT2D eigenvalue weighted by atomic mass is 9.99. The predicted molar refractivity (Wildman–Crippen MR) is 170 cm³/mol. The van der Waals surface area contributed by atoms with Gasteiger partial charge in [-0.3, -0.25) is 0 Å². The lowest BCUT2D eigenvalue weighted by Gasteiger charge is -2.10. The van der Waals surface area contributed by atoms with Gasteiger partial charge in [0.05, 0.1) is 22.1 Å². The average Bonchev–Trinajstić information content (AvgIpc) is 3.54. The summed E-state index contributed by atoms with van der Waals surface area (Å²) in [5.74, 6) is 0. The second-order valence-electron chi connectivity index (χ2n) is 10.6. The first-order chi connectivity index (χ1) is 19.9. The second kappa shape index (κ2) is 8.08. The highest BCUT2D eigenvalue weighted by atomic mass is 15.0. The highest BCUT2D eigenvalue weighted by Crippen LogP contribution is 2.42. The molecular weight excluding hydrogens is 484 g/mol. The fourth-order valence-corrected chi connectivity index (χ4v) is 6.79. The van der Waals surface area contributed by atoms with E-state index in [4.69, 9.17) is 0 Å². The van der Waals surface area contributed by atoms with E-state index in [1.165, 1.54) is 76.5 Å². The Balaban J connectivity index is 1.43. The van der Waals surface area contributed by atoms with E-state index in [0.29, 0.717) is 0 Å². The Hall–Kier alpha value is -5.34. The zero-order valence-electron chi connectivity index (χ0n) is 21.8. The van der Waals surface area contributed by atoms with Crippen LogP contribution >= 0.6 is 0 Å². The average molecular weight is 509 g/mol. The molecule has 0 aliphatic carbocycles. The summed E-state index contributed by atoms with van der Waals surface area (Å²) in [6.45, 7) is 0. The molecule has 0 saturated heterocycles. The van der Waals surface area contributed by atoms with Crippen LogP contribution in [0.3, 0.4) is 0 Å². The summed E-state index contributed by atoms with van der Waals surface area (Å²) in [5, 5.41) is 10.3. The van der Waals surface area contributed by atoms with Crippen LogP contribution < -0.4 is 0 Å². The van der Waals surface area contributed by atoms with Crippen LogP contribution in [-0.4, -0.2) is 9.13 Å². The molecule has 186 valence electrons. The molecule has 2 heterocycles. The minimum absolute atomic E-state index is 1.18. The van der Waals surface area contributed by atoms with Gasteiger partial charge in [0.1, 0.15) is 0 Å². The summed E-state index contributed by atoms with van der Waals surface area (Å²) in [6.07, 6.45) is 0. The third-order valence-corrected chi connectivity index (χ3v) is 8.47. The molecule has 2 nitrogen and oxygen atoms in total. The zero-order chi connectivity index (χ0) is 26.2. The summed E-state index contributed by atoms with van der Waals surface area (Å²) in [7, 11) is 0. The molecule has 0 saturated carbocycles. The topological polar surface area (TPSA) is 9.86 Å². The third kappa shape index (κ3) is 2.88. The third-order valence-electron chi connectivity index (χ3n) is 8.47. The van der Waals surface area contributed by atoms with Crippen molar-refractivity contribution in [2.24, 2.45) is 0 Å². The molecular formula is C38H24N2. The van der Waals surface area contributed by atoms with Crippen LogP contribution in [0.5, 0.6) is 0 Å². The van der Waals surface area contributed by atoms with Gasteiger partial charge in [-0.05, 0) is 70.1 Å². The summed E-state index contributed by atoms with van der Waals surface area (Å²) >= 11 is 0. The largest absolute Gasteiger partial charge is 0.309 e. The van der Waals surface area contributed by atoms with Gasteiger partial charge >= 0.3 is 0 Å². The zero-order valence-corrected chi connectivity index (χ0v) is 21.8. The Morgan fingerprint density at radius 2 is 0.825 bits per heavy atom. The van der Waals surface area contributed by atoms with Gasteiger partial charge in [-0.25, -0.2) is 0 Å². The molecule has 0 atom stereocenters. The first-order valence-corrected chi connectivity index (χ1v) is 13.8. The van der Waals surface area contributed by atoms with Crippen molar-refractivity contribution >= 4 is 65.2 Å². The molecule has 7 aromatic carbocycles. The molecule has 0 aliphatic rings. The van der Waals surface area contributed by atoms with Crippen molar-refractivity contribution in [1.29, 1.82) is 0 Å². The minimum atomic E-state index is 1.18. The lowest BCUT2D eigenvalue weighted by molar-refractivity contribution is 1.18. The van der Waals surface area contributed by atoms with Crippen LogP contribution in [0, 0.1) is 0 Å². The summed E-state index contributed by atoms with van der Waals surface area (Å²) in [6, 6.07) is 53.0. The second-order valence-corrected chi connectivity index (χ2v) is 10.6. The molecule has 0 unspecified atom stereocenters. The molecule has 9 aromatic rings. The Kier molecular flexibility index (Phi) is 4.36. The van der Waals surface area contributed by atoms with Gasteiger partial charge < -0.3 is 9.13 Å². The summed E-state index contributed by atoms with van der Waals surface area (Å²) in [5.41, 5.74) is 7.29. The number of fused-ring (bicyclic) bond motifs is 10. The molecule has 40 heavy (non-hydrogen) atoms. The molecule has 0 radical (unpaired) electrons. The van der Waals surface area contributed by atoms with Crippen LogP contribution in [0.25, 0.3) is 76.5 Å². The normalized spacial score (nSPS) is 12.0. The summed E-state index contributed by atoms with van der Waals surface area (Å²) < 4.78 is 4.82. The number of hydrogen-bond acceptors (Lipinski definition) is 0. The van der Waals surface area contributed by atoms with Crippen molar-refractivity contribution < 1.29 is 0 Å². The van der Waals surface area contributed by atoms with Crippen LogP contribution in [0.1, 0.15) is 0 Å². The minimum Gasteiger partial charge on any atom is -0.309 e. The van der Waals surface area contributed by atoms with Gasteiger partial charge in [-0.2, -0.15) is 0 Å². The maximum Gasteiger partial charge on any atom is 0.0547 e. The molecule has 0 aliphatic heterocycles. The van der Waals surface area contributed by atoms with Crippen LogP contribution in [0.4, 0.5) is 0 Å². The van der Waals surface area contributed by atoms with E-state index in [1.54, 1.807) is 0 Å². The number of hydrogen-bond donors (Lipinski definition) is 0. The molecule has 0 N–H and O–H groups in total. The number of para-hydroxylation sites is 3. The fourth-order valence-electron chi connectivity index (χ4n) is 6.79. The molecule has 0 bridgehead atoms. The molecule has 0 fully saturated rings. The molecule has 9 rings (SSSR count). The van der Waals surface area contributed by atoms with Crippen molar-refractivity contribution in [2.45, 2.75) is 0 Å². The number of benzene rings is 7. The van der Waals surface area contributed by atoms with Gasteiger partial charge in [-0.1, -0.05) is 97.1 Å². The van der Waals surface area contributed by atoms with Gasteiger partial charge in [0.25, 0.3) is 0 Å². The van der Waals surface area contributed by atoms with Crippen molar-refractivity contribution in [2.75, 3.05) is 0 Å². The Bertz CT molecular complexity index is 2420. The Morgan fingerprint density at radius 1 is 0.300 bits per heavy atom. The monoisotopic (exact) mass is 508 g/mol. The fraction of sp³-hybridized carbons (Fsp3) is 0. The van der Waals surface area contributed by atoms with Gasteiger partial charge in [0.15, 0.2) is 0 Å². The molecule has 2 aromatic heterocycles. The van der Waals surface area contributed by atoms with Crippen molar-refractivity contribution in [3.8, 4) is 11.4 Å². The van der Waals surface area contributed by atoms with Gasteiger partial charge in [0, 0.05) is 32.9 Å². The number of rotatable bonds is 2. The quantitative estimate of drug-likeness (QED) is 0.220. The van der Waals surface area contributed by atoms with E-state index in [0.717, 1.165) is 0 Å². The maximum absolute atomic E-state index is 2.42.